The lowest BCUT2D eigenvalue weighted by Gasteiger charge is -2.31. The molecule has 3 heteroatoms. The highest BCUT2D eigenvalue weighted by Gasteiger charge is 2.18. The van der Waals surface area contributed by atoms with Crippen LogP contribution in [0.1, 0.15) is 29.7 Å². The van der Waals surface area contributed by atoms with E-state index in [1.54, 1.807) is 0 Å². The van der Waals surface area contributed by atoms with Crippen molar-refractivity contribution in [2.75, 3.05) is 18.5 Å². The smallest absolute Gasteiger partial charge is 0.0513 e. The van der Waals surface area contributed by atoms with Gasteiger partial charge >= 0.3 is 0 Å². The van der Waals surface area contributed by atoms with E-state index in [2.05, 4.69) is 75.5 Å². The lowest BCUT2D eigenvalue weighted by molar-refractivity contribution is 0.651. The summed E-state index contributed by atoms with van der Waals surface area (Å²) in [4.78, 5) is 2.46. The lowest BCUT2D eigenvalue weighted by Crippen LogP contribution is -2.30. The van der Waals surface area contributed by atoms with Crippen molar-refractivity contribution >= 4 is 21.6 Å². The summed E-state index contributed by atoms with van der Waals surface area (Å²) in [6, 6.07) is 15.8. The van der Waals surface area contributed by atoms with Crippen LogP contribution in [0, 0.1) is 0 Å². The highest BCUT2D eigenvalue weighted by atomic mass is 79.9. The molecule has 2 nitrogen and oxygen atoms in total. The SMILES string of the molecule is CNC(C)c1ccc(N2CCc3ccccc3C2)c(Br)c1. The van der Waals surface area contributed by atoms with E-state index in [0.29, 0.717) is 6.04 Å². The number of hydrogen-bond acceptors (Lipinski definition) is 2. The third kappa shape index (κ3) is 2.99. The van der Waals surface area contributed by atoms with Crippen LogP contribution in [-0.4, -0.2) is 13.6 Å². The fourth-order valence-electron chi connectivity index (χ4n) is 2.92. The summed E-state index contributed by atoms with van der Waals surface area (Å²) in [5, 5.41) is 3.29. The first-order valence-corrected chi connectivity index (χ1v) is 8.27. The van der Waals surface area contributed by atoms with Gasteiger partial charge in [0.05, 0.1) is 5.69 Å². The van der Waals surface area contributed by atoms with Crippen LogP contribution in [0.5, 0.6) is 0 Å². The van der Waals surface area contributed by atoms with Crippen molar-refractivity contribution in [3.63, 3.8) is 0 Å². The number of fused-ring (bicyclic) bond motifs is 1. The maximum Gasteiger partial charge on any atom is 0.0513 e. The van der Waals surface area contributed by atoms with Crippen LogP contribution >= 0.6 is 15.9 Å². The molecule has 21 heavy (non-hydrogen) atoms. The molecular formula is C18H21BrN2. The molecule has 1 N–H and O–H groups in total. The average Bonchev–Trinajstić information content (AvgIpc) is 2.53. The van der Waals surface area contributed by atoms with Gasteiger partial charge in [-0.1, -0.05) is 30.3 Å². The molecule has 0 aromatic heterocycles. The molecule has 1 atom stereocenters. The monoisotopic (exact) mass is 344 g/mol. The van der Waals surface area contributed by atoms with Crippen LogP contribution < -0.4 is 10.2 Å². The minimum Gasteiger partial charge on any atom is -0.366 e. The first-order chi connectivity index (χ1) is 10.2. The molecule has 0 aliphatic carbocycles. The second kappa shape index (κ2) is 6.20. The van der Waals surface area contributed by atoms with Crippen LogP contribution in [0.25, 0.3) is 0 Å². The van der Waals surface area contributed by atoms with E-state index >= 15 is 0 Å². The maximum absolute atomic E-state index is 3.75. The van der Waals surface area contributed by atoms with Gasteiger partial charge in [0.2, 0.25) is 0 Å². The molecular weight excluding hydrogens is 324 g/mol. The van der Waals surface area contributed by atoms with E-state index in [-0.39, 0.29) is 0 Å². The highest BCUT2D eigenvalue weighted by molar-refractivity contribution is 9.10. The van der Waals surface area contributed by atoms with Crippen LogP contribution in [-0.2, 0) is 13.0 Å². The second-order valence-electron chi connectivity index (χ2n) is 5.66. The van der Waals surface area contributed by atoms with Gasteiger partial charge in [0.15, 0.2) is 0 Å². The number of nitrogens with zero attached hydrogens (tertiary/aromatic N) is 1. The minimum atomic E-state index is 0.373. The van der Waals surface area contributed by atoms with Gasteiger partial charge in [-0.05, 0) is 65.1 Å². The summed E-state index contributed by atoms with van der Waals surface area (Å²) in [5.74, 6) is 0. The third-order valence-corrected chi connectivity index (χ3v) is 5.01. The van der Waals surface area contributed by atoms with Gasteiger partial charge in [-0.3, -0.25) is 0 Å². The quantitative estimate of drug-likeness (QED) is 0.893. The molecule has 1 unspecified atom stereocenters. The Bertz CT molecular complexity index is 639. The Morgan fingerprint density at radius 2 is 1.90 bits per heavy atom. The second-order valence-corrected chi connectivity index (χ2v) is 6.52. The number of anilines is 1. The van der Waals surface area contributed by atoms with E-state index in [1.807, 2.05) is 7.05 Å². The summed E-state index contributed by atoms with van der Waals surface area (Å²) in [6.45, 7) is 4.25. The number of benzene rings is 2. The van der Waals surface area contributed by atoms with Crippen LogP contribution in [0.3, 0.4) is 0 Å². The van der Waals surface area contributed by atoms with E-state index < -0.39 is 0 Å². The van der Waals surface area contributed by atoms with Crippen LogP contribution in [0.15, 0.2) is 46.9 Å². The van der Waals surface area contributed by atoms with Gasteiger partial charge in [0.25, 0.3) is 0 Å². The Morgan fingerprint density at radius 1 is 1.14 bits per heavy atom. The first-order valence-electron chi connectivity index (χ1n) is 7.47. The van der Waals surface area contributed by atoms with Crippen molar-refractivity contribution in [1.29, 1.82) is 0 Å². The van der Waals surface area contributed by atoms with Gasteiger partial charge in [-0.2, -0.15) is 0 Å². The Labute approximate surface area is 135 Å². The number of nitrogens with one attached hydrogen (secondary N) is 1. The Kier molecular flexibility index (Phi) is 4.32. The summed E-state index contributed by atoms with van der Waals surface area (Å²) in [6.07, 6.45) is 1.12. The molecule has 1 heterocycles. The van der Waals surface area contributed by atoms with E-state index in [9.17, 15) is 0 Å². The molecule has 0 bridgehead atoms. The van der Waals surface area contributed by atoms with Crippen LogP contribution in [0.4, 0.5) is 5.69 Å². The van der Waals surface area contributed by atoms with Gasteiger partial charge in [-0.25, -0.2) is 0 Å². The number of hydrogen-bond donors (Lipinski definition) is 1. The van der Waals surface area contributed by atoms with E-state index in [1.165, 1.54) is 26.9 Å². The fourth-order valence-corrected chi connectivity index (χ4v) is 3.56. The largest absolute Gasteiger partial charge is 0.366 e. The molecule has 0 amide bonds. The molecule has 110 valence electrons. The van der Waals surface area contributed by atoms with Gasteiger partial charge in [-0.15, -0.1) is 0 Å². The van der Waals surface area contributed by atoms with Crippen molar-refractivity contribution in [2.45, 2.75) is 25.9 Å². The maximum atomic E-state index is 3.75. The normalized spacial score (nSPS) is 15.7. The number of rotatable bonds is 3. The molecule has 0 saturated heterocycles. The molecule has 2 aromatic rings. The minimum absolute atomic E-state index is 0.373. The number of halogens is 1. The molecule has 1 aliphatic heterocycles. The predicted octanol–water partition coefficient (Wildman–Crippen LogP) is 4.29. The van der Waals surface area contributed by atoms with Gasteiger partial charge in [0, 0.05) is 23.6 Å². The topological polar surface area (TPSA) is 15.3 Å². The van der Waals surface area contributed by atoms with Crippen LogP contribution in [0.2, 0.25) is 0 Å². The predicted molar refractivity (Wildman–Crippen MR) is 92.8 cm³/mol. The highest BCUT2D eigenvalue weighted by Crippen LogP contribution is 2.32. The Balaban J connectivity index is 1.85. The summed E-state index contributed by atoms with van der Waals surface area (Å²) in [7, 11) is 1.99. The van der Waals surface area contributed by atoms with Gasteiger partial charge < -0.3 is 10.2 Å². The fraction of sp³-hybridized carbons (Fsp3) is 0.333. The summed E-state index contributed by atoms with van der Waals surface area (Å²) >= 11 is 3.75. The molecule has 2 aromatic carbocycles. The zero-order valence-electron chi connectivity index (χ0n) is 12.6. The third-order valence-electron chi connectivity index (χ3n) is 4.38. The summed E-state index contributed by atoms with van der Waals surface area (Å²) in [5.41, 5.74) is 5.54. The standard InChI is InChI=1S/C18H21BrN2/c1-13(20-2)15-7-8-18(17(19)11-15)21-10-9-14-5-3-4-6-16(14)12-21/h3-8,11,13,20H,9-10,12H2,1-2H3. The average molecular weight is 345 g/mol. The first kappa shape index (κ1) is 14.6. The van der Waals surface area contributed by atoms with Crippen molar-refractivity contribution in [3.8, 4) is 0 Å². The molecule has 3 rings (SSSR count). The van der Waals surface area contributed by atoms with Crippen molar-refractivity contribution in [3.05, 3.63) is 63.6 Å². The van der Waals surface area contributed by atoms with Crippen molar-refractivity contribution < 1.29 is 0 Å². The molecule has 0 saturated carbocycles. The molecule has 1 aliphatic rings. The Morgan fingerprint density at radius 3 is 2.62 bits per heavy atom. The molecule has 0 fully saturated rings. The Hall–Kier alpha value is -1.32. The molecule has 0 spiro atoms. The summed E-state index contributed by atoms with van der Waals surface area (Å²) < 4.78 is 1.18. The van der Waals surface area contributed by atoms with Crippen molar-refractivity contribution in [2.24, 2.45) is 0 Å². The van der Waals surface area contributed by atoms with Gasteiger partial charge in [0.1, 0.15) is 0 Å². The van der Waals surface area contributed by atoms with E-state index in [4.69, 9.17) is 0 Å². The van der Waals surface area contributed by atoms with Crippen molar-refractivity contribution in [1.82, 2.24) is 5.32 Å². The zero-order chi connectivity index (χ0) is 14.8. The van der Waals surface area contributed by atoms with E-state index in [0.717, 1.165) is 19.5 Å². The molecule has 0 radical (unpaired) electrons. The zero-order valence-corrected chi connectivity index (χ0v) is 14.2. The lowest BCUT2D eigenvalue weighted by atomic mass is 9.99.